The smallest absolute Gasteiger partial charge is 0.224 e. The number of amides is 1. The van der Waals surface area contributed by atoms with Crippen molar-refractivity contribution in [2.75, 3.05) is 6.54 Å². The van der Waals surface area contributed by atoms with Crippen molar-refractivity contribution in [3.8, 4) is 5.75 Å². The zero-order chi connectivity index (χ0) is 12.6. The first kappa shape index (κ1) is 11.6. The summed E-state index contributed by atoms with van der Waals surface area (Å²) in [4.78, 5) is 11.8. The summed E-state index contributed by atoms with van der Waals surface area (Å²) < 4.78 is 0. The van der Waals surface area contributed by atoms with Crippen LogP contribution in [0.1, 0.15) is 31.2 Å². The van der Waals surface area contributed by atoms with E-state index in [-0.39, 0.29) is 11.7 Å². The zero-order valence-electron chi connectivity index (χ0n) is 10.5. The molecule has 0 bridgehead atoms. The van der Waals surface area contributed by atoms with Crippen molar-refractivity contribution in [2.24, 2.45) is 11.3 Å². The van der Waals surface area contributed by atoms with Crippen LogP contribution < -0.4 is 5.32 Å². The Morgan fingerprint density at radius 1 is 1.39 bits per heavy atom. The quantitative estimate of drug-likeness (QED) is 0.836. The van der Waals surface area contributed by atoms with Crippen molar-refractivity contribution in [3.63, 3.8) is 0 Å². The molecule has 3 heteroatoms. The Morgan fingerprint density at radius 2 is 2.17 bits per heavy atom. The summed E-state index contributed by atoms with van der Waals surface area (Å²) >= 11 is 0. The van der Waals surface area contributed by atoms with Gasteiger partial charge in [-0.1, -0.05) is 12.1 Å². The molecule has 2 aliphatic rings. The molecule has 3 nitrogen and oxygen atoms in total. The van der Waals surface area contributed by atoms with E-state index < -0.39 is 0 Å². The third-order valence-corrected chi connectivity index (χ3v) is 4.25. The van der Waals surface area contributed by atoms with Gasteiger partial charge < -0.3 is 10.4 Å². The lowest BCUT2D eigenvalue weighted by Gasteiger charge is -2.14. The largest absolute Gasteiger partial charge is 0.508 e. The highest BCUT2D eigenvalue weighted by Crippen LogP contribution is 2.60. The van der Waals surface area contributed by atoms with Gasteiger partial charge in [0, 0.05) is 6.54 Å². The van der Waals surface area contributed by atoms with Crippen molar-refractivity contribution in [1.29, 1.82) is 0 Å². The van der Waals surface area contributed by atoms with Gasteiger partial charge in [0.2, 0.25) is 5.91 Å². The second-order valence-electron chi connectivity index (χ2n) is 5.76. The van der Waals surface area contributed by atoms with Gasteiger partial charge in [-0.15, -0.1) is 0 Å². The highest BCUT2D eigenvalue weighted by Gasteiger charge is 2.53. The van der Waals surface area contributed by atoms with Crippen LogP contribution in [0.2, 0.25) is 0 Å². The first-order valence-electron chi connectivity index (χ1n) is 6.73. The number of rotatable bonds is 5. The zero-order valence-corrected chi connectivity index (χ0v) is 10.5. The minimum absolute atomic E-state index is 0.0625. The Balaban J connectivity index is 1.50. The number of hydrogen-bond donors (Lipinski definition) is 2. The summed E-state index contributed by atoms with van der Waals surface area (Å²) in [6.45, 7) is 0.843. The molecule has 96 valence electrons. The third-order valence-electron chi connectivity index (χ3n) is 4.25. The average Bonchev–Trinajstić information content (AvgIpc) is 3.19. The molecule has 0 atom stereocenters. The molecule has 2 fully saturated rings. The molecule has 2 aliphatic carbocycles. The third kappa shape index (κ3) is 2.50. The minimum atomic E-state index is 0.0625. The lowest BCUT2D eigenvalue weighted by molar-refractivity contribution is -0.120. The molecule has 1 aromatic carbocycles. The summed E-state index contributed by atoms with van der Waals surface area (Å²) in [5.74, 6) is 1.16. The van der Waals surface area contributed by atoms with Crippen LogP contribution in [0.25, 0.3) is 0 Å². The fourth-order valence-corrected chi connectivity index (χ4v) is 2.77. The Bertz CT molecular complexity index is 461. The second-order valence-corrected chi connectivity index (χ2v) is 5.76. The Morgan fingerprint density at radius 3 is 2.78 bits per heavy atom. The summed E-state index contributed by atoms with van der Waals surface area (Å²) in [6, 6.07) is 6.90. The molecule has 2 N–H and O–H groups in total. The Labute approximate surface area is 107 Å². The maximum atomic E-state index is 11.8. The van der Waals surface area contributed by atoms with Crippen molar-refractivity contribution in [3.05, 3.63) is 29.8 Å². The Hall–Kier alpha value is -1.51. The normalized spacial score (nSPS) is 20.4. The van der Waals surface area contributed by atoms with Crippen molar-refractivity contribution < 1.29 is 9.90 Å². The fourth-order valence-electron chi connectivity index (χ4n) is 2.77. The Kier molecular flexibility index (Phi) is 2.77. The SMILES string of the molecule is O=C(Cc1cccc(O)c1)NCC1(C2CC2)CC1. The minimum Gasteiger partial charge on any atom is -0.508 e. The monoisotopic (exact) mass is 245 g/mol. The van der Waals surface area contributed by atoms with Gasteiger partial charge >= 0.3 is 0 Å². The molecule has 3 rings (SSSR count). The maximum absolute atomic E-state index is 11.8. The van der Waals surface area contributed by atoms with E-state index >= 15 is 0 Å². The van der Waals surface area contributed by atoms with Gasteiger partial charge in [0.25, 0.3) is 0 Å². The first-order chi connectivity index (χ1) is 8.68. The molecule has 2 saturated carbocycles. The number of hydrogen-bond acceptors (Lipinski definition) is 2. The van der Waals surface area contributed by atoms with Gasteiger partial charge in [0.1, 0.15) is 5.75 Å². The maximum Gasteiger partial charge on any atom is 0.224 e. The average molecular weight is 245 g/mol. The summed E-state index contributed by atoms with van der Waals surface area (Å²) in [5, 5.41) is 12.4. The molecule has 1 amide bonds. The molecule has 0 heterocycles. The van der Waals surface area contributed by atoms with Crippen molar-refractivity contribution in [1.82, 2.24) is 5.32 Å². The molecular formula is C15H19NO2. The van der Waals surface area contributed by atoms with E-state index in [9.17, 15) is 9.90 Å². The molecule has 0 spiro atoms. The van der Waals surface area contributed by atoms with Gasteiger partial charge in [0.05, 0.1) is 6.42 Å². The van der Waals surface area contributed by atoms with Crippen molar-refractivity contribution in [2.45, 2.75) is 32.1 Å². The molecule has 0 aromatic heterocycles. The van der Waals surface area contributed by atoms with E-state index in [2.05, 4.69) is 5.32 Å². The lowest BCUT2D eigenvalue weighted by Crippen LogP contribution is -2.32. The standard InChI is InChI=1S/C15H19NO2/c17-13-3-1-2-11(8-13)9-14(18)16-10-15(6-7-15)12-4-5-12/h1-3,8,12,17H,4-7,9-10H2,(H,16,18). The molecule has 18 heavy (non-hydrogen) atoms. The molecule has 0 saturated heterocycles. The van der Waals surface area contributed by atoms with Crippen LogP contribution in [0.4, 0.5) is 0 Å². The van der Waals surface area contributed by atoms with Crippen LogP contribution in [-0.4, -0.2) is 17.6 Å². The van der Waals surface area contributed by atoms with E-state index in [1.54, 1.807) is 18.2 Å². The number of carbonyl (C=O) groups excluding carboxylic acids is 1. The van der Waals surface area contributed by atoms with E-state index in [0.717, 1.165) is 18.0 Å². The number of phenols is 1. The van der Waals surface area contributed by atoms with Crippen LogP contribution in [0.5, 0.6) is 5.75 Å². The number of aromatic hydroxyl groups is 1. The van der Waals surface area contributed by atoms with Gasteiger partial charge in [-0.2, -0.15) is 0 Å². The highest BCUT2D eigenvalue weighted by atomic mass is 16.3. The van der Waals surface area contributed by atoms with E-state index in [4.69, 9.17) is 0 Å². The molecule has 0 unspecified atom stereocenters. The molecule has 1 aromatic rings. The van der Waals surface area contributed by atoms with Crippen LogP contribution in [0.3, 0.4) is 0 Å². The van der Waals surface area contributed by atoms with Crippen LogP contribution >= 0.6 is 0 Å². The summed E-state index contributed by atoms with van der Waals surface area (Å²) in [6.07, 6.45) is 5.62. The molecule has 0 radical (unpaired) electrons. The topological polar surface area (TPSA) is 49.3 Å². The fraction of sp³-hybridized carbons (Fsp3) is 0.533. The first-order valence-corrected chi connectivity index (χ1v) is 6.73. The number of phenolic OH excluding ortho intramolecular Hbond substituents is 1. The van der Waals surface area contributed by atoms with Crippen LogP contribution in [0.15, 0.2) is 24.3 Å². The summed E-state index contributed by atoms with van der Waals surface area (Å²) in [5.41, 5.74) is 1.32. The van der Waals surface area contributed by atoms with E-state index in [1.807, 2.05) is 6.07 Å². The lowest BCUT2D eigenvalue weighted by atomic mass is 10.0. The van der Waals surface area contributed by atoms with Crippen molar-refractivity contribution >= 4 is 5.91 Å². The predicted molar refractivity (Wildman–Crippen MR) is 69.2 cm³/mol. The van der Waals surface area contributed by atoms with Gasteiger partial charge in [-0.3, -0.25) is 4.79 Å². The molecular weight excluding hydrogens is 226 g/mol. The molecule has 0 aliphatic heterocycles. The van der Waals surface area contributed by atoms with Gasteiger partial charge in [0.15, 0.2) is 0 Å². The van der Waals surface area contributed by atoms with E-state index in [0.29, 0.717) is 11.8 Å². The number of benzene rings is 1. The van der Waals surface area contributed by atoms with Gasteiger partial charge in [-0.25, -0.2) is 0 Å². The summed E-state index contributed by atoms with van der Waals surface area (Å²) in [7, 11) is 0. The number of nitrogens with one attached hydrogen (secondary N) is 1. The van der Waals surface area contributed by atoms with Crippen LogP contribution in [0, 0.1) is 11.3 Å². The van der Waals surface area contributed by atoms with E-state index in [1.165, 1.54) is 25.7 Å². The van der Waals surface area contributed by atoms with Gasteiger partial charge in [-0.05, 0) is 54.7 Å². The highest BCUT2D eigenvalue weighted by molar-refractivity contribution is 5.78. The second kappa shape index (κ2) is 4.30. The predicted octanol–water partition coefficient (Wildman–Crippen LogP) is 2.24. The van der Waals surface area contributed by atoms with Crippen LogP contribution in [-0.2, 0) is 11.2 Å². The number of carbonyl (C=O) groups is 1.